The van der Waals surface area contributed by atoms with E-state index in [2.05, 4.69) is 17.4 Å². The fourth-order valence-corrected chi connectivity index (χ4v) is 2.90. The summed E-state index contributed by atoms with van der Waals surface area (Å²) in [5, 5.41) is 3.25. The molecule has 0 radical (unpaired) electrons. The summed E-state index contributed by atoms with van der Waals surface area (Å²) in [4.78, 5) is 0. The summed E-state index contributed by atoms with van der Waals surface area (Å²) in [6.07, 6.45) is 3.07. The first kappa shape index (κ1) is 14.1. The molecule has 0 saturated carbocycles. The lowest BCUT2D eigenvalue weighted by atomic mass is 9.87. The van der Waals surface area contributed by atoms with Crippen molar-refractivity contribution in [3.8, 4) is 0 Å². The predicted molar refractivity (Wildman–Crippen MR) is 75.3 cm³/mol. The highest BCUT2D eigenvalue weighted by atomic mass is 19.2. The Kier molecular flexibility index (Phi) is 3.97. The molecule has 0 amide bonds. The number of fused-ring (bicyclic) bond motifs is 1. The summed E-state index contributed by atoms with van der Waals surface area (Å²) < 4.78 is 39.7. The van der Waals surface area contributed by atoms with E-state index in [9.17, 15) is 13.2 Å². The average Bonchev–Trinajstić information content (AvgIpc) is 2.49. The van der Waals surface area contributed by atoms with Gasteiger partial charge in [-0.15, -0.1) is 0 Å². The highest BCUT2D eigenvalue weighted by Gasteiger charge is 2.19. The zero-order valence-corrected chi connectivity index (χ0v) is 11.5. The van der Waals surface area contributed by atoms with E-state index in [0.29, 0.717) is 6.07 Å². The smallest absolute Gasteiger partial charge is 0.161 e. The van der Waals surface area contributed by atoms with Gasteiger partial charge in [0.2, 0.25) is 0 Å². The summed E-state index contributed by atoms with van der Waals surface area (Å²) in [6.45, 7) is 0.183. The third kappa shape index (κ3) is 2.95. The van der Waals surface area contributed by atoms with Gasteiger partial charge >= 0.3 is 0 Å². The molecule has 2 aromatic rings. The topological polar surface area (TPSA) is 12.0 Å². The molecule has 1 N–H and O–H groups in total. The largest absolute Gasteiger partial charge is 0.306 e. The van der Waals surface area contributed by atoms with Gasteiger partial charge in [-0.3, -0.25) is 0 Å². The van der Waals surface area contributed by atoms with E-state index in [1.165, 1.54) is 11.1 Å². The van der Waals surface area contributed by atoms with Gasteiger partial charge in [0.1, 0.15) is 5.82 Å². The number of hydrogen-bond acceptors (Lipinski definition) is 1. The molecule has 0 heterocycles. The molecule has 3 rings (SSSR count). The highest BCUT2D eigenvalue weighted by molar-refractivity contribution is 5.32. The van der Waals surface area contributed by atoms with Crippen molar-refractivity contribution >= 4 is 0 Å². The normalized spacial score (nSPS) is 17.6. The van der Waals surface area contributed by atoms with Crippen LogP contribution in [0.1, 0.15) is 35.6 Å². The first-order valence-electron chi connectivity index (χ1n) is 7.10. The van der Waals surface area contributed by atoms with Gasteiger partial charge in [-0.2, -0.15) is 0 Å². The van der Waals surface area contributed by atoms with Gasteiger partial charge in [-0.1, -0.05) is 24.3 Å². The van der Waals surface area contributed by atoms with Crippen LogP contribution >= 0.6 is 0 Å². The maximum Gasteiger partial charge on any atom is 0.161 e. The van der Waals surface area contributed by atoms with Gasteiger partial charge in [0.05, 0.1) is 0 Å². The zero-order valence-electron chi connectivity index (χ0n) is 11.5. The second-order valence-electron chi connectivity index (χ2n) is 5.38. The number of rotatable bonds is 3. The minimum Gasteiger partial charge on any atom is -0.306 e. The van der Waals surface area contributed by atoms with Crippen molar-refractivity contribution < 1.29 is 13.2 Å². The van der Waals surface area contributed by atoms with Crippen LogP contribution in [0, 0.1) is 17.5 Å². The second kappa shape index (κ2) is 5.90. The van der Waals surface area contributed by atoms with E-state index in [-0.39, 0.29) is 18.2 Å². The summed E-state index contributed by atoms with van der Waals surface area (Å²) in [5.41, 5.74) is 2.66. The summed E-state index contributed by atoms with van der Waals surface area (Å²) in [7, 11) is 0. The molecule has 0 bridgehead atoms. The van der Waals surface area contributed by atoms with E-state index in [1.54, 1.807) is 0 Å². The van der Waals surface area contributed by atoms with Crippen molar-refractivity contribution in [1.82, 2.24) is 5.32 Å². The molecule has 1 aliphatic rings. The number of benzene rings is 2. The fraction of sp³-hybridized carbons (Fsp3) is 0.294. The van der Waals surface area contributed by atoms with Crippen LogP contribution in [-0.2, 0) is 13.0 Å². The molecule has 0 aromatic heterocycles. The quantitative estimate of drug-likeness (QED) is 0.833. The SMILES string of the molecule is Fc1cc(F)c(CNC2CCCc3ccccc32)cc1F. The standard InChI is InChI=1S/C17H16F3N/c18-14-9-16(20)15(19)8-12(14)10-21-17-7-3-5-11-4-1-2-6-13(11)17/h1-2,4,6,8-9,17,21H,3,5,7,10H2. The molecule has 4 heteroatoms. The second-order valence-corrected chi connectivity index (χ2v) is 5.38. The molecular weight excluding hydrogens is 275 g/mol. The van der Waals surface area contributed by atoms with Crippen molar-refractivity contribution in [2.75, 3.05) is 0 Å². The third-order valence-corrected chi connectivity index (χ3v) is 4.00. The van der Waals surface area contributed by atoms with Crippen LogP contribution < -0.4 is 5.32 Å². The van der Waals surface area contributed by atoms with Crippen LogP contribution in [0.3, 0.4) is 0 Å². The molecule has 0 saturated heterocycles. The van der Waals surface area contributed by atoms with E-state index in [0.717, 1.165) is 25.3 Å². The van der Waals surface area contributed by atoms with E-state index in [4.69, 9.17) is 0 Å². The van der Waals surface area contributed by atoms with Crippen molar-refractivity contribution in [3.05, 3.63) is 70.5 Å². The van der Waals surface area contributed by atoms with Crippen LogP contribution in [0.5, 0.6) is 0 Å². The van der Waals surface area contributed by atoms with Crippen molar-refractivity contribution in [1.29, 1.82) is 0 Å². The first-order valence-corrected chi connectivity index (χ1v) is 7.10. The number of nitrogens with one attached hydrogen (secondary N) is 1. The lowest BCUT2D eigenvalue weighted by molar-refractivity contribution is 0.445. The van der Waals surface area contributed by atoms with Crippen molar-refractivity contribution in [2.24, 2.45) is 0 Å². The Hall–Kier alpha value is -1.81. The molecule has 21 heavy (non-hydrogen) atoms. The zero-order chi connectivity index (χ0) is 14.8. The first-order chi connectivity index (χ1) is 10.1. The molecule has 1 atom stereocenters. The number of aryl methyl sites for hydroxylation is 1. The van der Waals surface area contributed by atoms with Gasteiger partial charge in [0, 0.05) is 24.2 Å². The average molecular weight is 291 g/mol. The van der Waals surface area contributed by atoms with Gasteiger partial charge in [-0.25, -0.2) is 13.2 Å². The number of halogens is 3. The van der Waals surface area contributed by atoms with Crippen LogP contribution in [-0.4, -0.2) is 0 Å². The Labute approximate surface area is 121 Å². The van der Waals surface area contributed by atoms with Gasteiger partial charge in [-0.05, 0) is 36.5 Å². The summed E-state index contributed by atoms with van der Waals surface area (Å²) >= 11 is 0. The molecule has 1 aliphatic carbocycles. The molecule has 1 unspecified atom stereocenters. The van der Waals surface area contributed by atoms with Crippen molar-refractivity contribution in [2.45, 2.75) is 31.8 Å². The highest BCUT2D eigenvalue weighted by Crippen LogP contribution is 2.29. The lowest BCUT2D eigenvalue weighted by Crippen LogP contribution is -2.25. The molecule has 2 aromatic carbocycles. The van der Waals surface area contributed by atoms with Crippen LogP contribution in [0.25, 0.3) is 0 Å². The van der Waals surface area contributed by atoms with Crippen LogP contribution in [0.15, 0.2) is 36.4 Å². The van der Waals surface area contributed by atoms with E-state index < -0.39 is 17.5 Å². The molecule has 0 aliphatic heterocycles. The van der Waals surface area contributed by atoms with Crippen molar-refractivity contribution in [3.63, 3.8) is 0 Å². The maximum atomic E-state index is 13.6. The summed E-state index contributed by atoms with van der Waals surface area (Å²) in [5.74, 6) is -2.89. The Morgan fingerprint density at radius 1 is 1.00 bits per heavy atom. The van der Waals surface area contributed by atoms with Gasteiger partial charge < -0.3 is 5.32 Å². The fourth-order valence-electron chi connectivity index (χ4n) is 2.90. The maximum absolute atomic E-state index is 13.6. The number of hydrogen-bond donors (Lipinski definition) is 1. The molecule has 0 fully saturated rings. The Bertz CT molecular complexity index is 654. The minimum absolute atomic E-state index is 0.127. The minimum atomic E-state index is -1.15. The Balaban J connectivity index is 1.76. The summed E-state index contributed by atoms with van der Waals surface area (Å²) in [6, 6.07) is 9.80. The van der Waals surface area contributed by atoms with Crippen LogP contribution in [0.4, 0.5) is 13.2 Å². The van der Waals surface area contributed by atoms with Gasteiger partial charge in [0.25, 0.3) is 0 Å². The monoisotopic (exact) mass is 291 g/mol. The molecular formula is C17H16F3N. The molecule has 1 nitrogen and oxygen atoms in total. The Morgan fingerprint density at radius 3 is 2.62 bits per heavy atom. The van der Waals surface area contributed by atoms with Gasteiger partial charge in [0.15, 0.2) is 11.6 Å². The van der Waals surface area contributed by atoms with Crippen LogP contribution in [0.2, 0.25) is 0 Å². The molecule has 0 spiro atoms. The lowest BCUT2D eigenvalue weighted by Gasteiger charge is -2.26. The van der Waals surface area contributed by atoms with E-state index >= 15 is 0 Å². The third-order valence-electron chi connectivity index (χ3n) is 4.00. The predicted octanol–water partition coefficient (Wildman–Crippen LogP) is 4.27. The Morgan fingerprint density at radius 2 is 1.76 bits per heavy atom. The molecule has 110 valence electrons. The van der Waals surface area contributed by atoms with E-state index in [1.807, 2.05) is 12.1 Å².